The van der Waals surface area contributed by atoms with Gasteiger partial charge in [0.05, 0.1) is 10.2 Å². The smallest absolute Gasteiger partial charge is 0.267 e. The average Bonchev–Trinajstić information content (AvgIpc) is 3.24. The molecule has 142 valence electrons. The van der Waals surface area contributed by atoms with Crippen molar-refractivity contribution in [3.8, 4) is 0 Å². The Hall–Kier alpha value is -2.63. The van der Waals surface area contributed by atoms with Crippen molar-refractivity contribution in [1.82, 2.24) is 9.88 Å². The summed E-state index contributed by atoms with van der Waals surface area (Å²) < 4.78 is 16.5. The number of rotatable bonds is 6. The van der Waals surface area contributed by atoms with E-state index in [9.17, 15) is 9.18 Å². The van der Waals surface area contributed by atoms with E-state index in [1.807, 2.05) is 52.4 Å². The van der Waals surface area contributed by atoms with E-state index in [4.69, 9.17) is 11.6 Å². The van der Waals surface area contributed by atoms with Gasteiger partial charge < -0.3 is 9.88 Å². The second-order valence-corrected chi connectivity index (χ2v) is 7.94. The zero-order valence-corrected chi connectivity index (χ0v) is 16.6. The number of nitrogens with one attached hydrogen (secondary N) is 1. The van der Waals surface area contributed by atoms with Gasteiger partial charge in [0.2, 0.25) is 0 Å². The number of carbonyl (C=O) groups excluding carboxylic acids is 1. The molecule has 0 aliphatic rings. The van der Waals surface area contributed by atoms with E-state index in [0.717, 1.165) is 21.3 Å². The molecule has 0 bridgehead atoms. The first-order valence-corrected chi connectivity index (χ1v) is 10.2. The SMILES string of the molecule is O=C(NCCc1cccc(Cl)c1)c1cc2sccc2n1Cc1cccc(F)c1. The standard InChI is InChI=1S/C22H18ClFN2OS/c23-17-5-1-3-15(11-17)7-9-25-22(27)20-13-21-19(8-10-28-21)26(20)14-16-4-2-6-18(24)12-16/h1-6,8,10-13H,7,9,14H2,(H,25,27). The number of carbonyl (C=O) groups is 1. The summed E-state index contributed by atoms with van der Waals surface area (Å²) in [6, 6.07) is 18.0. The molecule has 1 amide bonds. The summed E-state index contributed by atoms with van der Waals surface area (Å²) in [5.41, 5.74) is 3.45. The Balaban J connectivity index is 1.52. The summed E-state index contributed by atoms with van der Waals surface area (Å²) in [4.78, 5) is 12.8. The third-order valence-electron chi connectivity index (χ3n) is 4.57. The van der Waals surface area contributed by atoms with Crippen molar-refractivity contribution >= 4 is 39.1 Å². The van der Waals surface area contributed by atoms with Gasteiger partial charge in [0.25, 0.3) is 5.91 Å². The molecule has 0 radical (unpaired) electrons. The number of thiophene rings is 1. The van der Waals surface area contributed by atoms with Crippen LogP contribution >= 0.6 is 22.9 Å². The summed E-state index contributed by atoms with van der Waals surface area (Å²) in [5, 5.41) is 5.66. The van der Waals surface area contributed by atoms with Crippen molar-refractivity contribution in [1.29, 1.82) is 0 Å². The van der Waals surface area contributed by atoms with E-state index in [0.29, 0.717) is 30.2 Å². The summed E-state index contributed by atoms with van der Waals surface area (Å²) in [5.74, 6) is -0.416. The molecule has 2 aromatic heterocycles. The van der Waals surface area contributed by atoms with Gasteiger partial charge in [-0.1, -0.05) is 35.9 Å². The molecule has 0 saturated heterocycles. The molecule has 1 N–H and O–H groups in total. The van der Waals surface area contributed by atoms with Gasteiger partial charge >= 0.3 is 0 Å². The van der Waals surface area contributed by atoms with Crippen LogP contribution in [0.15, 0.2) is 66.0 Å². The van der Waals surface area contributed by atoms with Crippen LogP contribution in [0.5, 0.6) is 0 Å². The molecule has 0 aliphatic heterocycles. The summed E-state index contributed by atoms with van der Waals surface area (Å²) in [7, 11) is 0. The molecule has 28 heavy (non-hydrogen) atoms. The Bertz CT molecular complexity index is 1130. The van der Waals surface area contributed by atoms with Crippen LogP contribution in [0.3, 0.4) is 0 Å². The van der Waals surface area contributed by atoms with E-state index < -0.39 is 0 Å². The van der Waals surface area contributed by atoms with Crippen molar-refractivity contribution in [3.63, 3.8) is 0 Å². The Morgan fingerprint density at radius 3 is 2.71 bits per heavy atom. The lowest BCUT2D eigenvalue weighted by molar-refractivity contribution is 0.0946. The number of benzene rings is 2. The first kappa shape index (κ1) is 18.7. The highest BCUT2D eigenvalue weighted by molar-refractivity contribution is 7.17. The molecule has 2 heterocycles. The molecule has 0 atom stereocenters. The number of hydrogen-bond donors (Lipinski definition) is 1. The van der Waals surface area contributed by atoms with Crippen LogP contribution in [0, 0.1) is 5.82 Å². The van der Waals surface area contributed by atoms with Crippen LogP contribution in [0.4, 0.5) is 4.39 Å². The molecule has 0 saturated carbocycles. The molecule has 2 aromatic carbocycles. The van der Waals surface area contributed by atoms with Gasteiger partial charge in [0.1, 0.15) is 11.5 Å². The highest BCUT2D eigenvalue weighted by Crippen LogP contribution is 2.26. The predicted molar refractivity (Wildman–Crippen MR) is 113 cm³/mol. The highest BCUT2D eigenvalue weighted by Gasteiger charge is 2.16. The molecular formula is C22H18ClFN2OS. The monoisotopic (exact) mass is 412 g/mol. The van der Waals surface area contributed by atoms with E-state index in [2.05, 4.69) is 5.32 Å². The fourth-order valence-corrected chi connectivity index (χ4v) is 4.29. The van der Waals surface area contributed by atoms with Gasteiger partial charge in [-0.25, -0.2) is 4.39 Å². The molecule has 3 nitrogen and oxygen atoms in total. The van der Waals surface area contributed by atoms with E-state index >= 15 is 0 Å². The topological polar surface area (TPSA) is 34.0 Å². The lowest BCUT2D eigenvalue weighted by Crippen LogP contribution is -2.28. The molecule has 0 fully saturated rings. The maximum atomic E-state index is 13.6. The van der Waals surface area contributed by atoms with Gasteiger partial charge in [-0.05, 0) is 59.3 Å². The van der Waals surface area contributed by atoms with E-state index in [-0.39, 0.29) is 11.7 Å². The lowest BCUT2D eigenvalue weighted by atomic mass is 10.1. The number of aromatic nitrogens is 1. The molecule has 4 rings (SSSR count). The van der Waals surface area contributed by atoms with Crippen LogP contribution in [0.2, 0.25) is 5.02 Å². The van der Waals surface area contributed by atoms with Gasteiger partial charge in [0.15, 0.2) is 0 Å². The normalized spacial score (nSPS) is 11.1. The summed E-state index contributed by atoms with van der Waals surface area (Å²) in [6.07, 6.45) is 0.700. The summed E-state index contributed by atoms with van der Waals surface area (Å²) in [6.45, 7) is 0.951. The van der Waals surface area contributed by atoms with Gasteiger partial charge in [-0.15, -0.1) is 11.3 Å². The van der Waals surface area contributed by atoms with E-state index in [1.54, 1.807) is 17.4 Å². The second-order valence-electron chi connectivity index (χ2n) is 6.55. The van der Waals surface area contributed by atoms with Crippen LogP contribution < -0.4 is 5.32 Å². The van der Waals surface area contributed by atoms with Crippen molar-refractivity contribution in [2.45, 2.75) is 13.0 Å². The number of halogens is 2. The maximum absolute atomic E-state index is 13.6. The van der Waals surface area contributed by atoms with Crippen LogP contribution in [0.1, 0.15) is 21.6 Å². The Kier molecular flexibility index (Phi) is 5.46. The van der Waals surface area contributed by atoms with Crippen molar-refractivity contribution in [3.05, 3.63) is 93.7 Å². The molecule has 0 aliphatic carbocycles. The van der Waals surface area contributed by atoms with Crippen LogP contribution in [-0.4, -0.2) is 17.0 Å². The minimum absolute atomic E-state index is 0.137. The summed E-state index contributed by atoms with van der Waals surface area (Å²) >= 11 is 7.59. The van der Waals surface area contributed by atoms with Gasteiger partial charge in [0, 0.05) is 18.1 Å². The first-order chi connectivity index (χ1) is 13.6. The predicted octanol–water partition coefficient (Wildman–Crippen LogP) is 5.52. The average molecular weight is 413 g/mol. The van der Waals surface area contributed by atoms with Gasteiger partial charge in [-0.3, -0.25) is 4.79 Å². The zero-order valence-electron chi connectivity index (χ0n) is 15.0. The Morgan fingerprint density at radius 2 is 1.89 bits per heavy atom. The maximum Gasteiger partial charge on any atom is 0.267 e. The van der Waals surface area contributed by atoms with Crippen molar-refractivity contribution in [2.24, 2.45) is 0 Å². The molecule has 0 spiro atoms. The number of amides is 1. The van der Waals surface area contributed by atoms with Gasteiger partial charge in [-0.2, -0.15) is 0 Å². The minimum atomic E-state index is -0.279. The molecular weight excluding hydrogens is 395 g/mol. The number of hydrogen-bond acceptors (Lipinski definition) is 2. The van der Waals surface area contributed by atoms with E-state index in [1.165, 1.54) is 12.1 Å². The highest BCUT2D eigenvalue weighted by atomic mass is 35.5. The number of nitrogens with zero attached hydrogens (tertiary/aromatic N) is 1. The molecule has 6 heteroatoms. The fourth-order valence-electron chi connectivity index (χ4n) is 3.26. The third-order valence-corrected chi connectivity index (χ3v) is 5.66. The zero-order chi connectivity index (χ0) is 19.5. The Labute approximate surface area is 171 Å². The van der Waals surface area contributed by atoms with Crippen LogP contribution in [0.25, 0.3) is 10.2 Å². The van der Waals surface area contributed by atoms with Crippen molar-refractivity contribution in [2.75, 3.05) is 6.54 Å². The lowest BCUT2D eigenvalue weighted by Gasteiger charge is -2.11. The van der Waals surface area contributed by atoms with Crippen molar-refractivity contribution < 1.29 is 9.18 Å². The Morgan fingerprint density at radius 1 is 1.07 bits per heavy atom. The largest absolute Gasteiger partial charge is 0.350 e. The second kappa shape index (κ2) is 8.17. The molecule has 0 unspecified atom stereocenters. The fraction of sp³-hybridized carbons (Fsp3) is 0.136. The first-order valence-electron chi connectivity index (χ1n) is 8.94. The quantitative estimate of drug-likeness (QED) is 0.444. The molecule has 4 aromatic rings. The minimum Gasteiger partial charge on any atom is -0.350 e. The third kappa shape index (κ3) is 4.11. The number of fused-ring (bicyclic) bond motifs is 1. The van der Waals surface area contributed by atoms with Crippen LogP contribution in [-0.2, 0) is 13.0 Å².